The summed E-state index contributed by atoms with van der Waals surface area (Å²) < 4.78 is 10.6. The minimum Gasteiger partial charge on any atom is -0.456 e. The molecule has 1 unspecified atom stereocenters. The zero-order valence-corrected chi connectivity index (χ0v) is 11.1. The Morgan fingerprint density at radius 1 is 1.53 bits per heavy atom. The largest absolute Gasteiger partial charge is 0.456 e. The molecule has 0 amide bonds. The summed E-state index contributed by atoms with van der Waals surface area (Å²) in [5.41, 5.74) is 1.67. The molecular weight excluding hydrogens is 238 g/mol. The Kier molecular flexibility index (Phi) is 3.69. The van der Waals surface area contributed by atoms with Crippen molar-refractivity contribution in [2.24, 2.45) is 0 Å². The molecule has 0 aliphatic carbocycles. The van der Waals surface area contributed by atoms with Crippen molar-refractivity contribution in [1.29, 1.82) is 0 Å². The van der Waals surface area contributed by atoms with Crippen LogP contribution in [0, 0.1) is 13.8 Å². The molecule has 0 radical (unpaired) electrons. The smallest absolute Gasteiger partial charge is 0.341 e. The second-order valence-corrected chi connectivity index (χ2v) is 5.35. The Labute approximate surface area is 105 Å². The number of nitrogens with one attached hydrogen (secondary N) is 1. The lowest BCUT2D eigenvalue weighted by molar-refractivity contribution is 0.0271. The third-order valence-electron chi connectivity index (χ3n) is 2.98. The van der Waals surface area contributed by atoms with Gasteiger partial charge in [0.25, 0.3) is 0 Å². The van der Waals surface area contributed by atoms with Gasteiger partial charge in [-0.1, -0.05) is 0 Å². The molecule has 2 heterocycles. The van der Waals surface area contributed by atoms with Gasteiger partial charge >= 0.3 is 5.97 Å². The number of carbonyl (C=O) groups is 1. The van der Waals surface area contributed by atoms with Gasteiger partial charge in [0.1, 0.15) is 11.1 Å². The van der Waals surface area contributed by atoms with E-state index in [2.05, 4.69) is 5.32 Å². The molecule has 1 aromatic heterocycles. The zero-order chi connectivity index (χ0) is 12.4. The van der Waals surface area contributed by atoms with Crippen LogP contribution >= 0.6 is 11.3 Å². The number of aryl methyl sites for hydroxylation is 1. The molecule has 0 saturated carbocycles. The SMILES string of the molecule is CNc1sc(C)c(C)c1C(=O)OC1CCOC1. The zero-order valence-electron chi connectivity index (χ0n) is 10.3. The number of esters is 1. The molecule has 1 aliphatic heterocycles. The maximum absolute atomic E-state index is 12.1. The minimum atomic E-state index is -0.244. The quantitative estimate of drug-likeness (QED) is 0.842. The number of ether oxygens (including phenoxy) is 2. The van der Waals surface area contributed by atoms with Crippen LogP contribution in [0.1, 0.15) is 27.2 Å². The van der Waals surface area contributed by atoms with Crippen molar-refractivity contribution in [2.75, 3.05) is 25.6 Å². The van der Waals surface area contributed by atoms with Gasteiger partial charge < -0.3 is 14.8 Å². The van der Waals surface area contributed by atoms with Gasteiger partial charge in [0.2, 0.25) is 0 Å². The molecule has 2 rings (SSSR count). The monoisotopic (exact) mass is 255 g/mol. The van der Waals surface area contributed by atoms with Crippen molar-refractivity contribution in [3.8, 4) is 0 Å². The van der Waals surface area contributed by atoms with Gasteiger partial charge in [-0.05, 0) is 19.4 Å². The van der Waals surface area contributed by atoms with Gasteiger partial charge in [-0.2, -0.15) is 0 Å². The second kappa shape index (κ2) is 5.06. The summed E-state index contributed by atoms with van der Waals surface area (Å²) in [5.74, 6) is -0.244. The molecule has 5 heteroatoms. The number of rotatable bonds is 3. The van der Waals surface area contributed by atoms with E-state index in [-0.39, 0.29) is 12.1 Å². The van der Waals surface area contributed by atoms with Crippen LogP contribution in [0.4, 0.5) is 5.00 Å². The van der Waals surface area contributed by atoms with Crippen molar-refractivity contribution in [3.63, 3.8) is 0 Å². The molecule has 0 aromatic carbocycles. The lowest BCUT2D eigenvalue weighted by Crippen LogP contribution is -2.19. The summed E-state index contributed by atoms with van der Waals surface area (Å²) in [7, 11) is 1.82. The first-order valence-corrected chi connectivity index (χ1v) is 6.51. The van der Waals surface area contributed by atoms with Crippen LogP contribution in [0.25, 0.3) is 0 Å². The third-order valence-corrected chi connectivity index (χ3v) is 4.20. The average Bonchev–Trinajstić information content (AvgIpc) is 2.88. The van der Waals surface area contributed by atoms with E-state index in [1.807, 2.05) is 20.9 Å². The van der Waals surface area contributed by atoms with Crippen LogP contribution in [0.15, 0.2) is 0 Å². The molecule has 1 saturated heterocycles. The molecular formula is C12H17NO3S. The van der Waals surface area contributed by atoms with Crippen LogP contribution < -0.4 is 5.32 Å². The Balaban J connectivity index is 2.17. The highest BCUT2D eigenvalue weighted by Crippen LogP contribution is 2.33. The molecule has 94 valence electrons. The van der Waals surface area contributed by atoms with Gasteiger partial charge in [0.05, 0.1) is 18.8 Å². The van der Waals surface area contributed by atoms with Crippen molar-refractivity contribution in [1.82, 2.24) is 0 Å². The Morgan fingerprint density at radius 3 is 2.88 bits per heavy atom. The van der Waals surface area contributed by atoms with E-state index in [0.29, 0.717) is 18.8 Å². The molecule has 1 atom stereocenters. The maximum atomic E-state index is 12.1. The predicted octanol–water partition coefficient (Wildman–Crippen LogP) is 2.35. The predicted molar refractivity (Wildman–Crippen MR) is 68.0 cm³/mol. The lowest BCUT2D eigenvalue weighted by Gasteiger charge is -2.11. The highest BCUT2D eigenvalue weighted by molar-refractivity contribution is 7.16. The van der Waals surface area contributed by atoms with Crippen LogP contribution in [0.2, 0.25) is 0 Å². The van der Waals surface area contributed by atoms with E-state index < -0.39 is 0 Å². The first-order chi connectivity index (χ1) is 8.13. The van der Waals surface area contributed by atoms with E-state index in [9.17, 15) is 4.79 Å². The van der Waals surface area contributed by atoms with Gasteiger partial charge in [-0.3, -0.25) is 0 Å². The first-order valence-electron chi connectivity index (χ1n) is 5.70. The van der Waals surface area contributed by atoms with Crippen molar-refractivity contribution < 1.29 is 14.3 Å². The first kappa shape index (κ1) is 12.4. The van der Waals surface area contributed by atoms with Crippen LogP contribution in [0.5, 0.6) is 0 Å². The fourth-order valence-corrected chi connectivity index (χ4v) is 2.87. The minimum absolute atomic E-state index is 0.0909. The highest BCUT2D eigenvalue weighted by atomic mass is 32.1. The Hall–Kier alpha value is -1.07. The standard InChI is InChI=1S/C12H17NO3S/c1-7-8(2)17-11(13-3)10(7)12(14)16-9-4-5-15-6-9/h9,13H,4-6H2,1-3H3. The Morgan fingerprint density at radius 2 is 2.29 bits per heavy atom. The number of thiophene rings is 1. The van der Waals surface area contributed by atoms with Crippen molar-refractivity contribution >= 4 is 22.3 Å². The summed E-state index contributed by atoms with van der Waals surface area (Å²) in [5, 5.41) is 3.93. The highest BCUT2D eigenvalue weighted by Gasteiger charge is 2.25. The second-order valence-electron chi connectivity index (χ2n) is 4.13. The summed E-state index contributed by atoms with van der Waals surface area (Å²) in [6, 6.07) is 0. The third kappa shape index (κ3) is 2.45. The molecule has 1 aromatic rings. The molecule has 1 aliphatic rings. The van der Waals surface area contributed by atoms with Crippen LogP contribution in [0.3, 0.4) is 0 Å². The molecule has 0 bridgehead atoms. The number of anilines is 1. The molecule has 17 heavy (non-hydrogen) atoms. The van der Waals surface area contributed by atoms with Crippen LogP contribution in [-0.2, 0) is 9.47 Å². The molecule has 4 nitrogen and oxygen atoms in total. The van der Waals surface area contributed by atoms with Gasteiger partial charge in [0.15, 0.2) is 0 Å². The van der Waals surface area contributed by atoms with E-state index in [1.54, 1.807) is 11.3 Å². The molecule has 1 fully saturated rings. The summed E-state index contributed by atoms with van der Waals surface area (Å²) >= 11 is 1.58. The number of hydrogen-bond donors (Lipinski definition) is 1. The maximum Gasteiger partial charge on any atom is 0.341 e. The van der Waals surface area contributed by atoms with Crippen LogP contribution in [-0.4, -0.2) is 32.3 Å². The molecule has 0 spiro atoms. The summed E-state index contributed by atoms with van der Waals surface area (Å²) in [6.07, 6.45) is 0.704. The van der Waals surface area contributed by atoms with E-state index in [0.717, 1.165) is 21.9 Å². The topological polar surface area (TPSA) is 47.6 Å². The number of hydrogen-bond acceptors (Lipinski definition) is 5. The van der Waals surface area contributed by atoms with Gasteiger partial charge in [-0.25, -0.2) is 4.79 Å². The van der Waals surface area contributed by atoms with Gasteiger partial charge in [-0.15, -0.1) is 11.3 Å². The fraction of sp³-hybridized carbons (Fsp3) is 0.583. The van der Waals surface area contributed by atoms with E-state index in [1.165, 1.54) is 0 Å². The van der Waals surface area contributed by atoms with E-state index in [4.69, 9.17) is 9.47 Å². The van der Waals surface area contributed by atoms with Gasteiger partial charge in [0, 0.05) is 18.3 Å². The number of carbonyl (C=O) groups excluding carboxylic acids is 1. The lowest BCUT2D eigenvalue weighted by atomic mass is 10.1. The fourth-order valence-electron chi connectivity index (χ4n) is 1.86. The molecule has 1 N–H and O–H groups in total. The summed E-state index contributed by atoms with van der Waals surface area (Å²) in [4.78, 5) is 13.2. The van der Waals surface area contributed by atoms with E-state index >= 15 is 0 Å². The summed E-state index contributed by atoms with van der Waals surface area (Å²) in [6.45, 7) is 5.16. The van der Waals surface area contributed by atoms with Crippen molar-refractivity contribution in [3.05, 3.63) is 16.0 Å². The Bertz CT molecular complexity index is 422. The normalized spacial score (nSPS) is 19.4. The average molecular weight is 255 g/mol. The van der Waals surface area contributed by atoms with Crippen molar-refractivity contribution in [2.45, 2.75) is 26.4 Å².